The molecule has 1 N–H and O–H groups in total. The maximum atomic E-state index is 12.0. The minimum Gasteiger partial charge on any atom is -0.493 e. The van der Waals surface area contributed by atoms with Crippen molar-refractivity contribution < 1.29 is 14.7 Å². The number of hydrogen-bond donors (Lipinski definition) is 1. The van der Waals surface area contributed by atoms with Crippen LogP contribution in [-0.2, 0) is 12.8 Å². The molecule has 110 valence electrons. The minimum absolute atomic E-state index is 0.224. The van der Waals surface area contributed by atoms with Crippen LogP contribution in [-0.4, -0.2) is 29.1 Å². The van der Waals surface area contributed by atoms with Gasteiger partial charge in [-0.3, -0.25) is 4.79 Å². The third-order valence-corrected chi connectivity index (χ3v) is 3.75. The van der Waals surface area contributed by atoms with Gasteiger partial charge in [-0.25, -0.2) is 0 Å². The van der Waals surface area contributed by atoms with E-state index in [4.69, 9.17) is 9.47 Å². The van der Waals surface area contributed by atoms with Gasteiger partial charge in [0.1, 0.15) is 0 Å². The monoisotopic (exact) mass is 288 g/mol. The Hall–Kier alpha value is -2.50. The maximum Gasteiger partial charge on any atom is 0.276 e. The van der Waals surface area contributed by atoms with Gasteiger partial charge in [0.25, 0.3) is 5.56 Å². The molecule has 0 fully saturated rings. The molecule has 3 rings (SSSR count). The van der Waals surface area contributed by atoms with E-state index in [1.54, 1.807) is 25.3 Å². The zero-order valence-electron chi connectivity index (χ0n) is 11.9. The molecule has 1 aliphatic rings. The van der Waals surface area contributed by atoms with Crippen molar-refractivity contribution in [2.24, 2.45) is 0 Å². The van der Waals surface area contributed by atoms with Gasteiger partial charge in [0.15, 0.2) is 17.3 Å². The molecule has 1 aromatic carbocycles. The summed E-state index contributed by atoms with van der Waals surface area (Å²) in [5.41, 5.74) is 1.60. The largest absolute Gasteiger partial charge is 0.493 e. The zero-order valence-corrected chi connectivity index (χ0v) is 11.9. The van der Waals surface area contributed by atoms with Gasteiger partial charge in [0, 0.05) is 11.1 Å². The Bertz CT molecular complexity index is 752. The van der Waals surface area contributed by atoms with Gasteiger partial charge in [-0.05, 0) is 37.5 Å². The number of fused-ring (bicyclic) bond motifs is 1. The molecule has 2 aromatic rings. The van der Waals surface area contributed by atoms with E-state index in [-0.39, 0.29) is 11.4 Å². The van der Waals surface area contributed by atoms with Gasteiger partial charge in [0.2, 0.25) is 0 Å². The van der Waals surface area contributed by atoms with E-state index in [2.05, 4.69) is 4.98 Å². The first-order valence-corrected chi connectivity index (χ1v) is 6.72. The first-order valence-electron chi connectivity index (χ1n) is 6.72. The average molecular weight is 288 g/mol. The van der Waals surface area contributed by atoms with Gasteiger partial charge in [0.05, 0.1) is 19.9 Å². The van der Waals surface area contributed by atoms with E-state index in [9.17, 15) is 10.0 Å². The average Bonchev–Trinajstić information content (AvgIpc) is 3.00. The van der Waals surface area contributed by atoms with Crippen LogP contribution < -0.4 is 15.0 Å². The molecule has 0 saturated heterocycles. The molecule has 1 heterocycles. The third kappa shape index (κ3) is 2.12. The summed E-state index contributed by atoms with van der Waals surface area (Å²) in [6.07, 6.45) is 2.22. The Morgan fingerprint density at radius 2 is 1.95 bits per heavy atom. The Labute approximate surface area is 121 Å². The summed E-state index contributed by atoms with van der Waals surface area (Å²) in [7, 11) is 3.08. The number of benzene rings is 1. The van der Waals surface area contributed by atoms with Crippen LogP contribution in [0.2, 0.25) is 0 Å². The maximum absolute atomic E-state index is 12.0. The number of rotatable bonds is 3. The molecular weight excluding hydrogens is 272 g/mol. The van der Waals surface area contributed by atoms with Crippen molar-refractivity contribution in [1.82, 2.24) is 9.71 Å². The fourth-order valence-electron chi connectivity index (χ4n) is 2.69. The van der Waals surface area contributed by atoms with Crippen molar-refractivity contribution in [3.05, 3.63) is 39.8 Å². The fourth-order valence-corrected chi connectivity index (χ4v) is 2.69. The molecule has 21 heavy (non-hydrogen) atoms. The Kier molecular flexibility index (Phi) is 3.29. The number of aromatic nitrogens is 2. The molecular formula is C15H16N2O4. The van der Waals surface area contributed by atoms with Crippen LogP contribution in [0, 0.1) is 0 Å². The van der Waals surface area contributed by atoms with Gasteiger partial charge < -0.3 is 14.7 Å². The normalized spacial score (nSPS) is 13.0. The Morgan fingerprint density at radius 3 is 2.67 bits per heavy atom. The van der Waals surface area contributed by atoms with Crippen LogP contribution in [0.3, 0.4) is 0 Å². The van der Waals surface area contributed by atoms with Gasteiger partial charge >= 0.3 is 0 Å². The zero-order chi connectivity index (χ0) is 15.0. The molecule has 6 heteroatoms. The lowest BCUT2D eigenvalue weighted by molar-refractivity contribution is 0.176. The lowest BCUT2D eigenvalue weighted by atomic mass is 10.1. The van der Waals surface area contributed by atoms with Crippen molar-refractivity contribution in [2.45, 2.75) is 19.3 Å². The first-order chi connectivity index (χ1) is 10.2. The third-order valence-electron chi connectivity index (χ3n) is 3.75. The molecule has 0 saturated carbocycles. The molecule has 0 atom stereocenters. The lowest BCUT2D eigenvalue weighted by Gasteiger charge is -2.13. The SMILES string of the molecule is COc1ccc(-c2nc(=O)c3c(n2O)CCC3)cc1OC. The number of hydrogen-bond acceptors (Lipinski definition) is 5. The van der Waals surface area contributed by atoms with E-state index >= 15 is 0 Å². The minimum atomic E-state index is -0.266. The molecule has 0 unspecified atom stereocenters. The lowest BCUT2D eigenvalue weighted by Crippen LogP contribution is -2.20. The van der Waals surface area contributed by atoms with Crippen molar-refractivity contribution in [1.29, 1.82) is 0 Å². The summed E-state index contributed by atoms with van der Waals surface area (Å²) >= 11 is 0. The molecule has 0 amide bonds. The molecule has 0 radical (unpaired) electrons. The Balaban J connectivity index is 2.18. The van der Waals surface area contributed by atoms with E-state index in [1.165, 1.54) is 7.11 Å². The van der Waals surface area contributed by atoms with E-state index < -0.39 is 0 Å². The van der Waals surface area contributed by atoms with Crippen molar-refractivity contribution in [2.75, 3.05) is 14.2 Å². The van der Waals surface area contributed by atoms with Crippen molar-refractivity contribution >= 4 is 0 Å². The summed E-state index contributed by atoms with van der Waals surface area (Å²) in [4.78, 5) is 16.1. The number of ether oxygens (including phenoxy) is 2. The molecule has 1 aliphatic carbocycles. The van der Waals surface area contributed by atoms with E-state index in [0.29, 0.717) is 41.2 Å². The Morgan fingerprint density at radius 1 is 1.19 bits per heavy atom. The standard InChI is InChI=1S/C15H16N2O4/c1-20-12-7-6-9(8-13(12)21-2)14-16-15(18)10-4-3-5-11(10)17(14)19/h6-8,19H,3-5H2,1-2H3. The van der Waals surface area contributed by atoms with Crippen LogP contribution in [0.15, 0.2) is 23.0 Å². The van der Waals surface area contributed by atoms with Crippen LogP contribution in [0.1, 0.15) is 17.7 Å². The fraction of sp³-hybridized carbons (Fsp3) is 0.333. The summed E-state index contributed by atoms with van der Waals surface area (Å²) < 4.78 is 11.4. The van der Waals surface area contributed by atoms with Crippen LogP contribution >= 0.6 is 0 Å². The predicted molar refractivity (Wildman–Crippen MR) is 76.2 cm³/mol. The number of nitrogens with zero attached hydrogens (tertiary/aromatic N) is 2. The summed E-state index contributed by atoms with van der Waals surface area (Å²) in [5.74, 6) is 1.32. The molecule has 0 aliphatic heterocycles. The van der Waals surface area contributed by atoms with E-state index in [0.717, 1.165) is 11.2 Å². The second kappa shape index (κ2) is 5.12. The number of methoxy groups -OCH3 is 2. The second-order valence-corrected chi connectivity index (χ2v) is 4.90. The molecule has 0 spiro atoms. The second-order valence-electron chi connectivity index (χ2n) is 4.90. The highest BCUT2D eigenvalue weighted by atomic mass is 16.5. The van der Waals surface area contributed by atoms with Crippen molar-refractivity contribution in [3.8, 4) is 22.9 Å². The van der Waals surface area contributed by atoms with Crippen LogP contribution in [0.25, 0.3) is 11.4 Å². The summed E-state index contributed by atoms with van der Waals surface area (Å²) in [6.45, 7) is 0. The van der Waals surface area contributed by atoms with Gasteiger partial charge in [-0.1, -0.05) is 0 Å². The quantitative estimate of drug-likeness (QED) is 0.869. The van der Waals surface area contributed by atoms with Gasteiger partial charge in [-0.15, -0.1) is 0 Å². The summed E-state index contributed by atoms with van der Waals surface area (Å²) in [6, 6.07) is 5.14. The highest BCUT2D eigenvalue weighted by molar-refractivity contribution is 5.61. The summed E-state index contributed by atoms with van der Waals surface area (Å²) in [5, 5.41) is 10.3. The van der Waals surface area contributed by atoms with Crippen LogP contribution in [0.5, 0.6) is 11.5 Å². The topological polar surface area (TPSA) is 73.6 Å². The molecule has 6 nitrogen and oxygen atoms in total. The van der Waals surface area contributed by atoms with Gasteiger partial charge in [-0.2, -0.15) is 9.71 Å². The molecule has 1 aromatic heterocycles. The van der Waals surface area contributed by atoms with E-state index in [1.807, 2.05) is 0 Å². The smallest absolute Gasteiger partial charge is 0.276 e. The highest BCUT2D eigenvalue weighted by Crippen LogP contribution is 2.32. The first kappa shape index (κ1) is 13.5. The highest BCUT2D eigenvalue weighted by Gasteiger charge is 2.22. The van der Waals surface area contributed by atoms with Crippen LogP contribution in [0.4, 0.5) is 0 Å². The molecule has 0 bridgehead atoms. The van der Waals surface area contributed by atoms with Crippen molar-refractivity contribution in [3.63, 3.8) is 0 Å². The predicted octanol–water partition coefficient (Wildman–Crippen LogP) is 1.65.